The van der Waals surface area contributed by atoms with Crippen molar-refractivity contribution in [2.24, 2.45) is 0 Å². The number of carbonyl (C=O) groups excluding carboxylic acids is 1. The van der Waals surface area contributed by atoms with Crippen molar-refractivity contribution in [1.29, 1.82) is 0 Å². The van der Waals surface area contributed by atoms with Gasteiger partial charge in [0.2, 0.25) is 11.1 Å². The lowest BCUT2D eigenvalue weighted by Gasteiger charge is -2.33. The standard InChI is InChI=1S/C23H24F3N5O2S/c1-3-7-18-28-29-22-31(18)30-19(14-10-12-15(13-11-14)33-4-2)20(34-22)21(32)27-17-9-6-5-8-16(17)23(24,25)26/h5-6,8-13,19-20,30H,3-4,7H2,1-2H3,(H,27,32). The number of rotatable bonds is 7. The van der Waals surface area contributed by atoms with Crippen LogP contribution in [0.5, 0.6) is 5.75 Å². The maximum atomic E-state index is 13.5. The molecule has 0 fully saturated rings. The van der Waals surface area contributed by atoms with Gasteiger partial charge in [-0.1, -0.05) is 43.0 Å². The smallest absolute Gasteiger partial charge is 0.418 e. The van der Waals surface area contributed by atoms with E-state index in [0.29, 0.717) is 23.9 Å². The minimum atomic E-state index is -4.59. The Labute approximate surface area is 199 Å². The summed E-state index contributed by atoms with van der Waals surface area (Å²) in [4.78, 5) is 13.3. The van der Waals surface area contributed by atoms with Crippen LogP contribution in [0.15, 0.2) is 53.7 Å². The maximum Gasteiger partial charge on any atom is 0.418 e. The van der Waals surface area contributed by atoms with Gasteiger partial charge in [-0.15, -0.1) is 10.2 Å². The molecule has 0 spiro atoms. The number of para-hydroxylation sites is 1. The molecule has 2 heterocycles. The summed E-state index contributed by atoms with van der Waals surface area (Å²) in [6, 6.07) is 11.7. The molecule has 2 unspecified atom stereocenters. The Balaban J connectivity index is 1.67. The van der Waals surface area contributed by atoms with Gasteiger partial charge in [-0.25, -0.2) is 4.68 Å². The third-order valence-electron chi connectivity index (χ3n) is 5.28. The Kier molecular flexibility index (Phi) is 7.01. The second kappa shape index (κ2) is 9.96. The van der Waals surface area contributed by atoms with Crippen molar-refractivity contribution in [2.45, 2.75) is 49.3 Å². The minimum absolute atomic E-state index is 0.287. The second-order valence-corrected chi connectivity index (χ2v) is 8.77. The predicted octanol–water partition coefficient (Wildman–Crippen LogP) is 5.05. The number of carbonyl (C=O) groups is 1. The Morgan fingerprint density at radius 1 is 1.15 bits per heavy atom. The van der Waals surface area contributed by atoms with Crippen LogP contribution in [0.2, 0.25) is 0 Å². The van der Waals surface area contributed by atoms with E-state index in [1.807, 2.05) is 26.0 Å². The summed E-state index contributed by atoms with van der Waals surface area (Å²) >= 11 is 1.16. The quantitative estimate of drug-likeness (QED) is 0.482. The normalized spacial score (nSPS) is 17.6. The number of fused-ring (bicyclic) bond motifs is 1. The number of halogens is 3. The highest BCUT2D eigenvalue weighted by molar-refractivity contribution is 8.00. The minimum Gasteiger partial charge on any atom is -0.494 e. The van der Waals surface area contributed by atoms with E-state index < -0.39 is 28.9 Å². The number of hydrogen-bond donors (Lipinski definition) is 2. The fourth-order valence-electron chi connectivity index (χ4n) is 3.72. The fraction of sp³-hybridized carbons (Fsp3) is 0.348. The first-order chi connectivity index (χ1) is 16.3. The summed E-state index contributed by atoms with van der Waals surface area (Å²) in [5, 5.41) is 10.5. The van der Waals surface area contributed by atoms with Crippen LogP contribution in [0.4, 0.5) is 18.9 Å². The number of amides is 1. The van der Waals surface area contributed by atoms with Gasteiger partial charge in [0.15, 0.2) is 5.82 Å². The molecule has 2 aromatic carbocycles. The Morgan fingerprint density at radius 3 is 2.56 bits per heavy atom. The van der Waals surface area contributed by atoms with E-state index in [4.69, 9.17) is 4.74 Å². The lowest BCUT2D eigenvalue weighted by molar-refractivity contribution is -0.137. The summed E-state index contributed by atoms with van der Waals surface area (Å²) < 4.78 is 47.6. The number of anilines is 1. The van der Waals surface area contributed by atoms with Gasteiger partial charge in [0, 0.05) is 6.42 Å². The molecule has 1 aliphatic heterocycles. The van der Waals surface area contributed by atoms with Gasteiger partial charge in [-0.2, -0.15) is 13.2 Å². The van der Waals surface area contributed by atoms with Gasteiger partial charge in [0.05, 0.1) is 23.9 Å². The van der Waals surface area contributed by atoms with Crippen LogP contribution in [0.25, 0.3) is 0 Å². The van der Waals surface area contributed by atoms with Crippen LogP contribution in [-0.2, 0) is 17.4 Å². The zero-order valence-corrected chi connectivity index (χ0v) is 19.4. The number of nitrogens with one attached hydrogen (secondary N) is 2. The van der Waals surface area contributed by atoms with E-state index in [9.17, 15) is 18.0 Å². The van der Waals surface area contributed by atoms with Gasteiger partial charge < -0.3 is 15.5 Å². The maximum absolute atomic E-state index is 13.5. The third kappa shape index (κ3) is 4.98. The largest absolute Gasteiger partial charge is 0.494 e. The first kappa shape index (κ1) is 23.9. The molecule has 11 heteroatoms. The molecular formula is C23H24F3N5O2S. The number of aryl methyl sites for hydroxylation is 1. The highest BCUT2D eigenvalue weighted by atomic mass is 32.2. The highest BCUT2D eigenvalue weighted by Crippen LogP contribution is 2.39. The van der Waals surface area contributed by atoms with E-state index in [-0.39, 0.29) is 5.69 Å². The molecule has 4 rings (SSSR count). The summed E-state index contributed by atoms with van der Waals surface area (Å²) in [5.74, 6) is 0.841. The first-order valence-corrected chi connectivity index (χ1v) is 11.8. The number of nitrogens with zero attached hydrogens (tertiary/aromatic N) is 3. The molecule has 180 valence electrons. The van der Waals surface area contributed by atoms with E-state index in [2.05, 4.69) is 20.9 Å². The highest BCUT2D eigenvalue weighted by Gasteiger charge is 2.39. The molecule has 1 aliphatic rings. The summed E-state index contributed by atoms with van der Waals surface area (Å²) in [5.41, 5.74) is 2.90. The molecule has 0 saturated carbocycles. The van der Waals surface area contributed by atoms with Crippen LogP contribution in [0.1, 0.15) is 43.3 Å². The van der Waals surface area contributed by atoms with Crippen molar-refractivity contribution in [3.63, 3.8) is 0 Å². The molecule has 34 heavy (non-hydrogen) atoms. The summed E-state index contributed by atoms with van der Waals surface area (Å²) in [6.45, 7) is 4.43. The monoisotopic (exact) mass is 491 g/mol. The summed E-state index contributed by atoms with van der Waals surface area (Å²) in [6.07, 6.45) is -3.05. The molecular weight excluding hydrogens is 467 g/mol. The Hall–Kier alpha value is -3.21. The average Bonchev–Trinajstić information content (AvgIpc) is 3.21. The molecule has 0 bridgehead atoms. The van der Waals surface area contributed by atoms with Gasteiger partial charge in [0.25, 0.3) is 0 Å². The fourth-order valence-corrected chi connectivity index (χ4v) is 4.81. The molecule has 1 amide bonds. The molecule has 2 atom stereocenters. The van der Waals surface area contributed by atoms with Crippen LogP contribution in [0.3, 0.4) is 0 Å². The third-order valence-corrected chi connectivity index (χ3v) is 6.49. The second-order valence-electron chi connectivity index (χ2n) is 7.66. The molecule has 2 N–H and O–H groups in total. The van der Waals surface area contributed by atoms with Crippen LogP contribution >= 0.6 is 11.8 Å². The van der Waals surface area contributed by atoms with E-state index >= 15 is 0 Å². The molecule has 0 saturated heterocycles. The van der Waals surface area contributed by atoms with E-state index in [0.717, 1.165) is 35.6 Å². The van der Waals surface area contributed by atoms with Crippen LogP contribution < -0.4 is 15.5 Å². The predicted molar refractivity (Wildman–Crippen MR) is 123 cm³/mol. The van der Waals surface area contributed by atoms with Crippen molar-refractivity contribution >= 4 is 23.4 Å². The van der Waals surface area contributed by atoms with Crippen molar-refractivity contribution < 1.29 is 22.7 Å². The zero-order valence-electron chi connectivity index (χ0n) is 18.6. The van der Waals surface area contributed by atoms with Crippen molar-refractivity contribution in [3.8, 4) is 5.75 Å². The van der Waals surface area contributed by atoms with Crippen molar-refractivity contribution in [1.82, 2.24) is 14.9 Å². The Bertz CT molecular complexity index is 1150. The molecule has 1 aromatic heterocycles. The van der Waals surface area contributed by atoms with E-state index in [1.54, 1.807) is 16.8 Å². The van der Waals surface area contributed by atoms with Crippen LogP contribution in [0, 0.1) is 0 Å². The average molecular weight is 492 g/mol. The van der Waals surface area contributed by atoms with Gasteiger partial charge in [0.1, 0.15) is 11.0 Å². The topological polar surface area (TPSA) is 81.1 Å². The zero-order chi connectivity index (χ0) is 24.3. The van der Waals surface area contributed by atoms with Crippen molar-refractivity contribution in [3.05, 3.63) is 65.5 Å². The number of alkyl halides is 3. The first-order valence-electron chi connectivity index (χ1n) is 10.9. The number of aromatic nitrogens is 3. The summed E-state index contributed by atoms with van der Waals surface area (Å²) in [7, 11) is 0. The van der Waals surface area contributed by atoms with Crippen LogP contribution in [-0.4, -0.2) is 32.6 Å². The lowest BCUT2D eigenvalue weighted by Crippen LogP contribution is -2.41. The SMILES string of the molecule is CCCc1nnc2n1NC(c1ccc(OCC)cc1)C(C(=O)Nc1ccccc1C(F)(F)F)S2. The van der Waals surface area contributed by atoms with E-state index in [1.165, 1.54) is 18.2 Å². The number of benzene rings is 2. The lowest BCUT2D eigenvalue weighted by atomic mass is 10.0. The van der Waals surface area contributed by atoms with Gasteiger partial charge in [-0.05, 0) is 43.2 Å². The van der Waals surface area contributed by atoms with Crippen molar-refractivity contribution in [2.75, 3.05) is 17.3 Å². The molecule has 0 radical (unpaired) electrons. The molecule has 0 aliphatic carbocycles. The number of hydrogen-bond acceptors (Lipinski definition) is 6. The van der Waals surface area contributed by atoms with Gasteiger partial charge >= 0.3 is 6.18 Å². The molecule has 7 nitrogen and oxygen atoms in total. The number of thioether (sulfide) groups is 1. The van der Waals surface area contributed by atoms with Gasteiger partial charge in [-0.3, -0.25) is 4.79 Å². The molecule has 3 aromatic rings. The Morgan fingerprint density at radius 2 is 1.88 bits per heavy atom. The number of ether oxygens (including phenoxy) is 1.